The highest BCUT2D eigenvalue weighted by Crippen LogP contribution is 2.17. The summed E-state index contributed by atoms with van der Waals surface area (Å²) < 4.78 is 0. The Bertz CT molecular complexity index is 318. The van der Waals surface area contributed by atoms with Crippen LogP contribution < -0.4 is 5.32 Å². The molecule has 3 nitrogen and oxygen atoms in total. The highest BCUT2D eigenvalue weighted by atomic mass is 35.5. The molecule has 0 radical (unpaired) electrons. The second-order valence-corrected chi connectivity index (χ2v) is 4.93. The van der Waals surface area contributed by atoms with Gasteiger partial charge < -0.3 is 10.2 Å². The molecule has 1 aromatic heterocycles. The van der Waals surface area contributed by atoms with E-state index in [0.717, 1.165) is 18.3 Å². The van der Waals surface area contributed by atoms with E-state index in [4.69, 9.17) is 11.6 Å². The summed E-state index contributed by atoms with van der Waals surface area (Å²) in [6.07, 6.45) is 4.23. The zero-order valence-electron chi connectivity index (χ0n) is 9.62. The third-order valence-electron chi connectivity index (χ3n) is 3.14. The van der Waals surface area contributed by atoms with Gasteiger partial charge in [0, 0.05) is 12.7 Å². The highest BCUT2D eigenvalue weighted by molar-refractivity contribution is 6.30. The van der Waals surface area contributed by atoms with Crippen molar-refractivity contribution in [1.82, 2.24) is 9.88 Å². The van der Waals surface area contributed by atoms with Gasteiger partial charge in [0.25, 0.3) is 0 Å². The summed E-state index contributed by atoms with van der Waals surface area (Å²) in [6, 6.07) is 3.79. The van der Waals surface area contributed by atoms with Gasteiger partial charge in [0.2, 0.25) is 0 Å². The Kier molecular flexibility index (Phi) is 4.02. The normalized spacial score (nSPS) is 18.6. The van der Waals surface area contributed by atoms with Gasteiger partial charge in [0.1, 0.15) is 5.82 Å². The molecule has 1 saturated heterocycles. The van der Waals surface area contributed by atoms with Crippen LogP contribution in [0.5, 0.6) is 0 Å². The van der Waals surface area contributed by atoms with Crippen molar-refractivity contribution in [2.75, 3.05) is 32.0 Å². The molecule has 1 aliphatic heterocycles. The van der Waals surface area contributed by atoms with Crippen LogP contribution >= 0.6 is 11.6 Å². The summed E-state index contributed by atoms with van der Waals surface area (Å²) in [6.45, 7) is 3.43. The molecule has 4 heteroatoms. The molecule has 88 valence electrons. The van der Waals surface area contributed by atoms with Crippen molar-refractivity contribution in [3.8, 4) is 0 Å². The topological polar surface area (TPSA) is 28.2 Å². The van der Waals surface area contributed by atoms with E-state index >= 15 is 0 Å². The minimum atomic E-state index is 0.685. The number of likely N-dealkylation sites (tertiary alicyclic amines) is 1. The number of hydrogen-bond acceptors (Lipinski definition) is 3. The fourth-order valence-electron chi connectivity index (χ4n) is 2.00. The fraction of sp³-hybridized carbons (Fsp3) is 0.583. The number of pyridine rings is 1. The van der Waals surface area contributed by atoms with Gasteiger partial charge in [0.15, 0.2) is 0 Å². The number of aromatic nitrogens is 1. The van der Waals surface area contributed by atoms with E-state index in [2.05, 4.69) is 22.2 Å². The Morgan fingerprint density at radius 1 is 1.44 bits per heavy atom. The van der Waals surface area contributed by atoms with E-state index in [-0.39, 0.29) is 0 Å². The largest absolute Gasteiger partial charge is 0.370 e. The average Bonchev–Trinajstić information content (AvgIpc) is 2.30. The second kappa shape index (κ2) is 5.51. The minimum Gasteiger partial charge on any atom is -0.370 e. The standard InChI is InChI=1S/C12H18ClN3/c1-16-6-4-10(5-7-16)8-14-12-3-2-11(13)9-15-12/h2-3,9-10H,4-8H2,1H3,(H,14,15). The van der Waals surface area contributed by atoms with Crippen LogP contribution in [0.15, 0.2) is 18.3 Å². The molecule has 0 aliphatic carbocycles. The van der Waals surface area contributed by atoms with E-state index in [1.54, 1.807) is 6.20 Å². The number of nitrogens with one attached hydrogen (secondary N) is 1. The van der Waals surface area contributed by atoms with E-state index < -0.39 is 0 Å². The maximum Gasteiger partial charge on any atom is 0.125 e. The highest BCUT2D eigenvalue weighted by Gasteiger charge is 2.16. The minimum absolute atomic E-state index is 0.685. The monoisotopic (exact) mass is 239 g/mol. The number of rotatable bonds is 3. The van der Waals surface area contributed by atoms with Crippen LogP contribution in [0.25, 0.3) is 0 Å². The molecule has 0 bridgehead atoms. The van der Waals surface area contributed by atoms with Crippen molar-refractivity contribution < 1.29 is 0 Å². The van der Waals surface area contributed by atoms with Crippen LogP contribution in [0.3, 0.4) is 0 Å². The molecule has 16 heavy (non-hydrogen) atoms. The summed E-state index contributed by atoms with van der Waals surface area (Å²) >= 11 is 5.78. The van der Waals surface area contributed by atoms with Gasteiger partial charge in [-0.1, -0.05) is 11.6 Å². The number of piperidine rings is 1. The second-order valence-electron chi connectivity index (χ2n) is 4.49. The summed E-state index contributed by atoms with van der Waals surface area (Å²) in [7, 11) is 2.18. The number of anilines is 1. The maximum atomic E-state index is 5.78. The van der Waals surface area contributed by atoms with Gasteiger partial charge >= 0.3 is 0 Å². The summed E-state index contributed by atoms with van der Waals surface area (Å²) in [5, 5.41) is 4.05. The molecule has 2 rings (SSSR count). The summed E-state index contributed by atoms with van der Waals surface area (Å²) in [4.78, 5) is 6.61. The molecule has 0 saturated carbocycles. The predicted octanol–water partition coefficient (Wildman–Crippen LogP) is 2.49. The van der Waals surface area contributed by atoms with Gasteiger partial charge in [-0.3, -0.25) is 0 Å². The first-order valence-electron chi connectivity index (χ1n) is 5.78. The lowest BCUT2D eigenvalue weighted by Gasteiger charge is -2.29. The number of halogens is 1. The maximum absolute atomic E-state index is 5.78. The third-order valence-corrected chi connectivity index (χ3v) is 3.36. The van der Waals surface area contributed by atoms with Crippen LogP contribution in [-0.2, 0) is 0 Å². The zero-order valence-corrected chi connectivity index (χ0v) is 10.4. The van der Waals surface area contributed by atoms with Crippen LogP contribution in [0.2, 0.25) is 5.02 Å². The van der Waals surface area contributed by atoms with Gasteiger partial charge in [-0.25, -0.2) is 4.98 Å². The van der Waals surface area contributed by atoms with Crippen molar-refractivity contribution in [2.45, 2.75) is 12.8 Å². The average molecular weight is 240 g/mol. The van der Waals surface area contributed by atoms with Crippen LogP contribution in [0.4, 0.5) is 5.82 Å². The first-order chi connectivity index (χ1) is 7.74. The van der Waals surface area contributed by atoms with Crippen LogP contribution in [0.1, 0.15) is 12.8 Å². The third kappa shape index (κ3) is 3.35. The van der Waals surface area contributed by atoms with Gasteiger partial charge in [0.05, 0.1) is 5.02 Å². The van der Waals surface area contributed by atoms with Crippen molar-refractivity contribution in [2.24, 2.45) is 5.92 Å². The van der Waals surface area contributed by atoms with E-state index in [0.29, 0.717) is 5.02 Å². The Labute approximate surface area is 102 Å². The lowest BCUT2D eigenvalue weighted by atomic mass is 9.97. The van der Waals surface area contributed by atoms with E-state index in [9.17, 15) is 0 Å². The molecular weight excluding hydrogens is 222 g/mol. The van der Waals surface area contributed by atoms with Gasteiger partial charge in [-0.2, -0.15) is 0 Å². The summed E-state index contributed by atoms with van der Waals surface area (Å²) in [5.74, 6) is 1.69. The first-order valence-corrected chi connectivity index (χ1v) is 6.16. The van der Waals surface area contributed by atoms with Crippen LogP contribution in [0, 0.1) is 5.92 Å². The fourth-order valence-corrected chi connectivity index (χ4v) is 2.11. The molecule has 0 atom stereocenters. The molecule has 2 heterocycles. The molecule has 1 N–H and O–H groups in total. The Morgan fingerprint density at radius 3 is 2.81 bits per heavy atom. The molecule has 0 spiro atoms. The molecule has 0 amide bonds. The molecule has 0 aromatic carbocycles. The Hall–Kier alpha value is -0.800. The van der Waals surface area contributed by atoms with Gasteiger partial charge in [-0.05, 0) is 51.0 Å². The van der Waals surface area contributed by atoms with Gasteiger partial charge in [-0.15, -0.1) is 0 Å². The van der Waals surface area contributed by atoms with Crippen molar-refractivity contribution in [3.05, 3.63) is 23.4 Å². The lowest BCUT2D eigenvalue weighted by molar-refractivity contribution is 0.226. The zero-order chi connectivity index (χ0) is 11.4. The lowest BCUT2D eigenvalue weighted by Crippen LogP contribution is -2.33. The first kappa shape index (κ1) is 11.7. The Morgan fingerprint density at radius 2 is 2.19 bits per heavy atom. The van der Waals surface area contributed by atoms with Crippen molar-refractivity contribution in [3.63, 3.8) is 0 Å². The quantitative estimate of drug-likeness (QED) is 0.879. The smallest absolute Gasteiger partial charge is 0.125 e. The number of nitrogens with zero attached hydrogens (tertiary/aromatic N) is 2. The summed E-state index contributed by atoms with van der Waals surface area (Å²) in [5.41, 5.74) is 0. The van der Waals surface area contributed by atoms with Crippen molar-refractivity contribution >= 4 is 17.4 Å². The Balaban J connectivity index is 1.77. The predicted molar refractivity (Wildman–Crippen MR) is 68.0 cm³/mol. The van der Waals surface area contributed by atoms with Crippen molar-refractivity contribution in [1.29, 1.82) is 0 Å². The molecule has 1 fully saturated rings. The van der Waals surface area contributed by atoms with Crippen LogP contribution in [-0.4, -0.2) is 36.6 Å². The number of hydrogen-bond donors (Lipinski definition) is 1. The molecule has 1 aliphatic rings. The SMILES string of the molecule is CN1CCC(CNc2ccc(Cl)cn2)CC1. The van der Waals surface area contributed by atoms with E-state index in [1.165, 1.54) is 25.9 Å². The molecular formula is C12H18ClN3. The molecule has 1 aromatic rings. The molecule has 0 unspecified atom stereocenters. The van der Waals surface area contributed by atoms with E-state index in [1.807, 2.05) is 12.1 Å².